The van der Waals surface area contributed by atoms with Gasteiger partial charge in [0.2, 0.25) is 5.88 Å². The molecule has 1 aliphatic rings. The number of rotatable bonds is 5. The average molecular weight is 240 g/mol. The normalized spacial score (nSPS) is 15.5. The van der Waals surface area contributed by atoms with Gasteiger partial charge in [0.05, 0.1) is 6.61 Å². The van der Waals surface area contributed by atoms with Gasteiger partial charge >= 0.3 is 0 Å². The van der Waals surface area contributed by atoms with Gasteiger partial charge in [-0.15, -0.1) is 0 Å². The van der Waals surface area contributed by atoms with Crippen LogP contribution in [0.3, 0.4) is 0 Å². The molecule has 1 aromatic rings. The topological polar surface area (TPSA) is 22.1 Å². The molecular weight excluding hydrogens is 222 g/mol. The predicted octanol–water partition coefficient (Wildman–Crippen LogP) is 3.72. The van der Waals surface area contributed by atoms with Crippen LogP contribution in [-0.2, 0) is 6.42 Å². The number of pyridine rings is 1. The molecule has 0 aliphatic heterocycles. The monoisotopic (exact) mass is 239 g/mol. The van der Waals surface area contributed by atoms with Gasteiger partial charge in [-0.3, -0.25) is 0 Å². The van der Waals surface area contributed by atoms with Crippen LogP contribution in [0.25, 0.3) is 0 Å². The van der Waals surface area contributed by atoms with E-state index in [1.165, 1.54) is 18.4 Å². The Morgan fingerprint density at radius 3 is 2.81 bits per heavy atom. The Kier molecular flexibility index (Phi) is 3.70. The fourth-order valence-corrected chi connectivity index (χ4v) is 1.88. The van der Waals surface area contributed by atoms with Crippen molar-refractivity contribution in [3.63, 3.8) is 0 Å². The van der Waals surface area contributed by atoms with Crippen molar-refractivity contribution in [3.05, 3.63) is 22.8 Å². The second-order valence-electron chi connectivity index (χ2n) is 4.98. The predicted molar refractivity (Wildman–Crippen MR) is 66.0 cm³/mol. The summed E-state index contributed by atoms with van der Waals surface area (Å²) >= 11 is 6.13. The van der Waals surface area contributed by atoms with E-state index in [0.29, 0.717) is 16.8 Å². The highest BCUT2D eigenvalue weighted by atomic mass is 35.5. The van der Waals surface area contributed by atoms with Gasteiger partial charge in [-0.2, -0.15) is 0 Å². The third kappa shape index (κ3) is 3.38. The highest BCUT2D eigenvalue weighted by molar-refractivity contribution is 6.31. The first-order valence-electron chi connectivity index (χ1n) is 5.92. The van der Waals surface area contributed by atoms with Crippen LogP contribution in [0.5, 0.6) is 5.88 Å². The van der Waals surface area contributed by atoms with Gasteiger partial charge in [-0.1, -0.05) is 25.4 Å². The van der Waals surface area contributed by atoms with Crippen molar-refractivity contribution in [1.29, 1.82) is 0 Å². The van der Waals surface area contributed by atoms with E-state index >= 15 is 0 Å². The standard InChI is InChI=1S/C13H18ClNO/c1-9(2)5-11-6-12(14)13(15-7-11)16-8-10-3-4-10/h6-7,9-10H,3-5,8H2,1-2H3. The molecule has 0 radical (unpaired) electrons. The van der Waals surface area contributed by atoms with Gasteiger partial charge in [0, 0.05) is 6.20 Å². The SMILES string of the molecule is CC(C)Cc1cnc(OCC2CC2)c(Cl)c1. The molecule has 1 aromatic heterocycles. The maximum Gasteiger partial charge on any atom is 0.232 e. The first-order valence-corrected chi connectivity index (χ1v) is 6.30. The van der Waals surface area contributed by atoms with Crippen molar-refractivity contribution >= 4 is 11.6 Å². The highest BCUT2D eigenvalue weighted by Gasteiger charge is 2.22. The van der Waals surface area contributed by atoms with Crippen LogP contribution in [0, 0.1) is 11.8 Å². The Morgan fingerprint density at radius 1 is 1.50 bits per heavy atom. The Bertz CT molecular complexity index is 361. The summed E-state index contributed by atoms with van der Waals surface area (Å²) in [6, 6.07) is 1.97. The Morgan fingerprint density at radius 2 is 2.25 bits per heavy atom. The van der Waals surface area contributed by atoms with Gasteiger partial charge in [0.1, 0.15) is 5.02 Å². The summed E-state index contributed by atoms with van der Waals surface area (Å²) in [6.45, 7) is 5.13. The molecule has 0 bridgehead atoms. The summed E-state index contributed by atoms with van der Waals surface area (Å²) in [4.78, 5) is 4.28. The molecule has 1 saturated carbocycles. The third-order valence-corrected chi connectivity index (χ3v) is 2.93. The number of halogens is 1. The van der Waals surface area contributed by atoms with E-state index in [1.54, 1.807) is 0 Å². The van der Waals surface area contributed by atoms with Gasteiger partial charge in [0.15, 0.2) is 0 Å². The number of ether oxygens (including phenoxy) is 1. The molecule has 1 aliphatic carbocycles. The van der Waals surface area contributed by atoms with E-state index in [4.69, 9.17) is 16.3 Å². The van der Waals surface area contributed by atoms with Gasteiger partial charge in [-0.05, 0) is 42.7 Å². The molecule has 2 nitrogen and oxygen atoms in total. The average Bonchev–Trinajstić information content (AvgIpc) is 2.99. The molecule has 0 N–H and O–H groups in total. The van der Waals surface area contributed by atoms with E-state index in [1.807, 2.05) is 12.3 Å². The molecule has 0 unspecified atom stereocenters. The smallest absolute Gasteiger partial charge is 0.232 e. The molecular formula is C13H18ClNO. The van der Waals surface area contributed by atoms with Crippen LogP contribution in [0.15, 0.2) is 12.3 Å². The zero-order chi connectivity index (χ0) is 11.5. The van der Waals surface area contributed by atoms with Crippen molar-refractivity contribution < 1.29 is 4.74 Å². The molecule has 88 valence electrons. The maximum atomic E-state index is 6.13. The van der Waals surface area contributed by atoms with E-state index in [-0.39, 0.29) is 0 Å². The first kappa shape index (κ1) is 11.7. The molecule has 0 saturated heterocycles. The second kappa shape index (κ2) is 5.05. The summed E-state index contributed by atoms with van der Waals surface area (Å²) in [5.74, 6) is 1.94. The zero-order valence-corrected chi connectivity index (χ0v) is 10.6. The van der Waals surface area contributed by atoms with Crippen molar-refractivity contribution in [1.82, 2.24) is 4.98 Å². The molecule has 1 fully saturated rings. The molecule has 0 amide bonds. The summed E-state index contributed by atoms with van der Waals surface area (Å²) in [7, 11) is 0. The van der Waals surface area contributed by atoms with E-state index in [0.717, 1.165) is 18.9 Å². The Labute approximate surface area is 102 Å². The number of hydrogen-bond acceptors (Lipinski definition) is 2. The summed E-state index contributed by atoms with van der Waals surface area (Å²) in [6.07, 6.45) is 5.44. The van der Waals surface area contributed by atoms with Crippen molar-refractivity contribution in [2.75, 3.05) is 6.61 Å². The third-order valence-electron chi connectivity index (χ3n) is 2.66. The van der Waals surface area contributed by atoms with Crippen LogP contribution < -0.4 is 4.74 Å². The minimum atomic E-state index is 0.584. The second-order valence-corrected chi connectivity index (χ2v) is 5.39. The van der Waals surface area contributed by atoms with Crippen molar-refractivity contribution in [3.8, 4) is 5.88 Å². The molecule has 0 aromatic carbocycles. The lowest BCUT2D eigenvalue weighted by molar-refractivity contribution is 0.288. The fourth-order valence-electron chi connectivity index (χ4n) is 1.64. The van der Waals surface area contributed by atoms with Crippen molar-refractivity contribution in [2.24, 2.45) is 11.8 Å². The molecule has 0 spiro atoms. The van der Waals surface area contributed by atoms with Crippen molar-refractivity contribution in [2.45, 2.75) is 33.1 Å². The summed E-state index contributed by atoms with van der Waals surface area (Å²) in [5.41, 5.74) is 1.18. The molecule has 3 heteroatoms. The molecule has 0 atom stereocenters. The van der Waals surface area contributed by atoms with Gasteiger partial charge in [-0.25, -0.2) is 4.98 Å². The van der Waals surface area contributed by atoms with Crippen LogP contribution in [0.4, 0.5) is 0 Å². The fraction of sp³-hybridized carbons (Fsp3) is 0.615. The van der Waals surface area contributed by atoms with Crippen LogP contribution in [0.2, 0.25) is 5.02 Å². The number of hydrogen-bond donors (Lipinski definition) is 0. The quantitative estimate of drug-likeness (QED) is 0.781. The lowest BCUT2D eigenvalue weighted by Gasteiger charge is -2.09. The minimum absolute atomic E-state index is 0.584. The molecule has 2 rings (SSSR count). The Balaban J connectivity index is 1.97. The zero-order valence-electron chi connectivity index (χ0n) is 9.87. The van der Waals surface area contributed by atoms with Crippen LogP contribution >= 0.6 is 11.6 Å². The van der Waals surface area contributed by atoms with Gasteiger partial charge < -0.3 is 4.74 Å². The van der Waals surface area contributed by atoms with E-state index < -0.39 is 0 Å². The molecule has 1 heterocycles. The van der Waals surface area contributed by atoms with Gasteiger partial charge in [0.25, 0.3) is 0 Å². The van der Waals surface area contributed by atoms with E-state index in [9.17, 15) is 0 Å². The first-order chi connectivity index (χ1) is 7.65. The van der Waals surface area contributed by atoms with Crippen LogP contribution in [0.1, 0.15) is 32.3 Å². The molecule has 16 heavy (non-hydrogen) atoms. The highest BCUT2D eigenvalue weighted by Crippen LogP contribution is 2.31. The minimum Gasteiger partial charge on any atom is -0.476 e. The maximum absolute atomic E-state index is 6.13. The number of nitrogens with zero attached hydrogens (tertiary/aromatic N) is 1. The summed E-state index contributed by atoms with van der Waals surface area (Å²) in [5, 5.41) is 0.638. The lowest BCUT2D eigenvalue weighted by atomic mass is 10.1. The lowest BCUT2D eigenvalue weighted by Crippen LogP contribution is -2.02. The largest absolute Gasteiger partial charge is 0.476 e. The number of aromatic nitrogens is 1. The van der Waals surface area contributed by atoms with Crippen LogP contribution in [-0.4, -0.2) is 11.6 Å². The van der Waals surface area contributed by atoms with E-state index in [2.05, 4.69) is 18.8 Å². The Hall–Kier alpha value is -0.760. The summed E-state index contributed by atoms with van der Waals surface area (Å²) < 4.78 is 5.58.